The topological polar surface area (TPSA) is 59.0 Å². The smallest absolute Gasteiger partial charge is 0.315 e. The molecule has 0 bridgehead atoms. The second kappa shape index (κ2) is 6.55. The van der Waals surface area contributed by atoms with Gasteiger partial charge in [-0.15, -0.1) is 0 Å². The average Bonchev–Trinajstić information content (AvgIpc) is 2.85. The highest BCUT2D eigenvalue weighted by Crippen LogP contribution is 2.18. The number of urea groups is 1. The summed E-state index contributed by atoms with van der Waals surface area (Å²) >= 11 is 0. The van der Waals surface area contributed by atoms with Crippen molar-refractivity contribution < 1.29 is 13.6 Å². The number of hydrogen-bond acceptors (Lipinski definition) is 2. The molecule has 118 valence electrons. The quantitative estimate of drug-likeness (QED) is 0.912. The number of rotatable bonds is 4. The summed E-state index contributed by atoms with van der Waals surface area (Å²) in [7, 11) is 1.79. The monoisotopic (exact) mass is 308 g/mol. The van der Waals surface area contributed by atoms with E-state index in [1.165, 1.54) is 6.07 Å². The number of benzene rings is 1. The molecule has 0 fully saturated rings. The number of aryl methyl sites for hydroxylation is 1. The first-order valence-corrected chi connectivity index (χ1v) is 6.87. The molecule has 1 aromatic carbocycles. The van der Waals surface area contributed by atoms with Gasteiger partial charge in [-0.05, 0) is 19.9 Å². The molecular weight excluding hydrogens is 290 g/mol. The van der Waals surface area contributed by atoms with Crippen molar-refractivity contribution in [1.29, 1.82) is 0 Å². The predicted octanol–water partition coefficient (Wildman–Crippen LogP) is 2.82. The number of carbonyl (C=O) groups excluding carboxylic acids is 1. The summed E-state index contributed by atoms with van der Waals surface area (Å²) in [5.74, 6) is -1.34. The van der Waals surface area contributed by atoms with Gasteiger partial charge in [0.25, 0.3) is 0 Å². The summed E-state index contributed by atoms with van der Waals surface area (Å²) in [6, 6.07) is 2.02. The molecule has 0 saturated heterocycles. The SMILES string of the molecule is C[C@H](NC(=O)N[C@H](C)c1ccc(F)cc1F)c1cnn(C)c1. The maximum atomic E-state index is 13.7. The third kappa shape index (κ3) is 3.81. The summed E-state index contributed by atoms with van der Waals surface area (Å²) in [4.78, 5) is 11.9. The Morgan fingerprint density at radius 3 is 2.50 bits per heavy atom. The van der Waals surface area contributed by atoms with Gasteiger partial charge in [-0.1, -0.05) is 6.07 Å². The fourth-order valence-corrected chi connectivity index (χ4v) is 2.11. The van der Waals surface area contributed by atoms with Crippen LogP contribution >= 0.6 is 0 Å². The van der Waals surface area contributed by atoms with Crippen molar-refractivity contribution in [1.82, 2.24) is 20.4 Å². The van der Waals surface area contributed by atoms with Crippen LogP contribution in [0.5, 0.6) is 0 Å². The fraction of sp³-hybridized carbons (Fsp3) is 0.333. The fourth-order valence-electron chi connectivity index (χ4n) is 2.11. The maximum Gasteiger partial charge on any atom is 0.315 e. The van der Waals surface area contributed by atoms with E-state index in [1.54, 1.807) is 31.0 Å². The number of hydrogen-bond donors (Lipinski definition) is 2. The first-order chi connectivity index (χ1) is 10.4. The molecule has 0 aliphatic carbocycles. The Kier molecular flexibility index (Phi) is 4.75. The number of nitrogens with one attached hydrogen (secondary N) is 2. The molecule has 22 heavy (non-hydrogen) atoms. The summed E-state index contributed by atoms with van der Waals surface area (Å²) in [5, 5.41) is 9.40. The predicted molar refractivity (Wildman–Crippen MR) is 78.1 cm³/mol. The van der Waals surface area contributed by atoms with Crippen LogP contribution in [0.25, 0.3) is 0 Å². The largest absolute Gasteiger partial charge is 0.332 e. The van der Waals surface area contributed by atoms with Crippen molar-refractivity contribution in [2.24, 2.45) is 7.05 Å². The highest BCUT2D eigenvalue weighted by molar-refractivity contribution is 5.74. The third-order valence-corrected chi connectivity index (χ3v) is 3.35. The van der Waals surface area contributed by atoms with E-state index in [0.29, 0.717) is 0 Å². The number of nitrogens with zero attached hydrogens (tertiary/aromatic N) is 2. The van der Waals surface area contributed by atoms with Crippen LogP contribution < -0.4 is 10.6 Å². The normalized spacial score (nSPS) is 13.5. The van der Waals surface area contributed by atoms with Crippen molar-refractivity contribution in [3.63, 3.8) is 0 Å². The Bertz CT molecular complexity index is 671. The van der Waals surface area contributed by atoms with Crippen LogP contribution in [0.3, 0.4) is 0 Å². The third-order valence-electron chi connectivity index (χ3n) is 3.35. The van der Waals surface area contributed by atoms with Gasteiger partial charge in [0.05, 0.1) is 18.3 Å². The minimum absolute atomic E-state index is 0.227. The van der Waals surface area contributed by atoms with Gasteiger partial charge in [-0.2, -0.15) is 5.10 Å². The van der Waals surface area contributed by atoms with Crippen LogP contribution in [0, 0.1) is 11.6 Å². The Labute approximate surface area is 127 Å². The van der Waals surface area contributed by atoms with E-state index >= 15 is 0 Å². The molecule has 0 spiro atoms. The van der Waals surface area contributed by atoms with E-state index in [9.17, 15) is 13.6 Å². The minimum atomic E-state index is -0.687. The molecule has 0 saturated carbocycles. The van der Waals surface area contributed by atoms with Gasteiger partial charge in [0.15, 0.2) is 0 Å². The minimum Gasteiger partial charge on any atom is -0.332 e. The van der Waals surface area contributed by atoms with E-state index in [0.717, 1.165) is 17.7 Å². The van der Waals surface area contributed by atoms with Crippen LogP contribution in [-0.4, -0.2) is 15.8 Å². The van der Waals surface area contributed by atoms with Crippen LogP contribution in [0.2, 0.25) is 0 Å². The lowest BCUT2D eigenvalue weighted by atomic mass is 10.1. The van der Waals surface area contributed by atoms with Crippen molar-refractivity contribution >= 4 is 6.03 Å². The van der Waals surface area contributed by atoms with Gasteiger partial charge in [-0.3, -0.25) is 4.68 Å². The second-order valence-corrected chi connectivity index (χ2v) is 5.17. The lowest BCUT2D eigenvalue weighted by Crippen LogP contribution is -2.38. The van der Waals surface area contributed by atoms with Crippen LogP contribution in [0.15, 0.2) is 30.6 Å². The summed E-state index contributed by atoms with van der Waals surface area (Å²) in [5.41, 5.74) is 1.09. The molecule has 2 atom stereocenters. The van der Waals surface area contributed by atoms with Gasteiger partial charge in [0.1, 0.15) is 11.6 Å². The second-order valence-electron chi connectivity index (χ2n) is 5.17. The maximum absolute atomic E-state index is 13.7. The molecule has 2 aromatic rings. The van der Waals surface area contributed by atoms with E-state index in [2.05, 4.69) is 15.7 Å². The van der Waals surface area contributed by atoms with Crippen molar-refractivity contribution in [3.05, 3.63) is 53.4 Å². The standard InChI is InChI=1S/C15H18F2N4O/c1-9(11-7-18-21(3)8-11)19-15(22)20-10(2)13-5-4-12(16)6-14(13)17/h4-10H,1-3H3,(H2,19,20,22)/t9-,10+/m0/s1. The number of carbonyl (C=O) groups is 1. The first-order valence-electron chi connectivity index (χ1n) is 6.87. The molecule has 0 aliphatic rings. The van der Waals surface area contributed by atoms with Crippen LogP contribution in [-0.2, 0) is 7.05 Å². The van der Waals surface area contributed by atoms with Crippen LogP contribution in [0.1, 0.15) is 37.1 Å². The van der Waals surface area contributed by atoms with Crippen LogP contribution in [0.4, 0.5) is 13.6 Å². The molecule has 0 radical (unpaired) electrons. The Balaban J connectivity index is 1.96. The van der Waals surface area contributed by atoms with E-state index in [4.69, 9.17) is 0 Å². The van der Waals surface area contributed by atoms with Gasteiger partial charge in [0.2, 0.25) is 0 Å². The van der Waals surface area contributed by atoms with Crippen molar-refractivity contribution in [3.8, 4) is 0 Å². The van der Waals surface area contributed by atoms with Gasteiger partial charge in [-0.25, -0.2) is 13.6 Å². The Morgan fingerprint density at radius 2 is 1.91 bits per heavy atom. The number of aromatic nitrogens is 2. The summed E-state index contributed by atoms with van der Waals surface area (Å²) in [6.45, 7) is 3.45. The van der Waals surface area contributed by atoms with Gasteiger partial charge < -0.3 is 10.6 Å². The molecule has 2 N–H and O–H groups in total. The number of amides is 2. The summed E-state index contributed by atoms with van der Waals surface area (Å²) < 4.78 is 28.2. The molecule has 7 heteroatoms. The molecule has 0 unspecified atom stereocenters. The molecule has 5 nitrogen and oxygen atoms in total. The first kappa shape index (κ1) is 15.9. The van der Waals surface area contributed by atoms with E-state index < -0.39 is 23.7 Å². The van der Waals surface area contributed by atoms with Gasteiger partial charge in [0, 0.05) is 30.4 Å². The molecule has 2 amide bonds. The zero-order valence-electron chi connectivity index (χ0n) is 12.6. The highest BCUT2D eigenvalue weighted by atomic mass is 19.1. The van der Waals surface area contributed by atoms with Crippen molar-refractivity contribution in [2.75, 3.05) is 0 Å². The lowest BCUT2D eigenvalue weighted by Gasteiger charge is -2.18. The molecule has 1 heterocycles. The van der Waals surface area contributed by atoms with Crippen molar-refractivity contribution in [2.45, 2.75) is 25.9 Å². The van der Waals surface area contributed by atoms with E-state index in [1.807, 2.05) is 6.92 Å². The molecule has 2 rings (SSSR count). The van der Waals surface area contributed by atoms with Gasteiger partial charge >= 0.3 is 6.03 Å². The highest BCUT2D eigenvalue weighted by Gasteiger charge is 2.16. The molecular formula is C15H18F2N4O. The Morgan fingerprint density at radius 1 is 1.23 bits per heavy atom. The Hall–Kier alpha value is -2.44. The average molecular weight is 308 g/mol. The zero-order valence-corrected chi connectivity index (χ0v) is 12.6. The lowest BCUT2D eigenvalue weighted by molar-refractivity contribution is 0.234. The molecule has 0 aliphatic heterocycles. The summed E-state index contributed by atoms with van der Waals surface area (Å²) in [6.07, 6.45) is 3.46. The zero-order chi connectivity index (χ0) is 16.3. The van der Waals surface area contributed by atoms with E-state index in [-0.39, 0.29) is 11.6 Å². The number of halogens is 2. The molecule has 1 aromatic heterocycles.